The van der Waals surface area contributed by atoms with Gasteiger partial charge in [0.15, 0.2) is 0 Å². The maximum Gasteiger partial charge on any atom is 0.119 e. The van der Waals surface area contributed by atoms with Crippen LogP contribution in [0.5, 0.6) is 5.75 Å². The summed E-state index contributed by atoms with van der Waals surface area (Å²) in [5, 5.41) is 3.32. The minimum absolute atomic E-state index is 0.221. The average Bonchev–Trinajstić information content (AvgIpc) is 2.38. The third kappa shape index (κ3) is 6.51. The van der Waals surface area contributed by atoms with Gasteiger partial charge in [-0.3, -0.25) is 0 Å². The molecule has 0 amide bonds. The van der Waals surface area contributed by atoms with Crippen molar-refractivity contribution < 1.29 is 9.47 Å². The van der Waals surface area contributed by atoms with Gasteiger partial charge in [0.1, 0.15) is 5.75 Å². The number of hydrogen-bond donors (Lipinski definition) is 1. The van der Waals surface area contributed by atoms with Crippen molar-refractivity contribution in [3.8, 4) is 5.75 Å². The number of methoxy groups -OCH3 is 1. The van der Waals surface area contributed by atoms with E-state index in [4.69, 9.17) is 21.1 Å². The van der Waals surface area contributed by atoms with Gasteiger partial charge in [0, 0.05) is 19.0 Å². The summed E-state index contributed by atoms with van der Waals surface area (Å²) in [6.45, 7) is 2.23. The van der Waals surface area contributed by atoms with Crippen molar-refractivity contribution in [3.63, 3.8) is 0 Å². The third-order valence-electron chi connectivity index (χ3n) is 2.32. The van der Waals surface area contributed by atoms with Gasteiger partial charge in [0.25, 0.3) is 0 Å². The van der Waals surface area contributed by atoms with Gasteiger partial charge in [0.2, 0.25) is 0 Å². The van der Waals surface area contributed by atoms with Gasteiger partial charge in [-0.25, -0.2) is 0 Å². The Morgan fingerprint density at radius 1 is 1.29 bits per heavy atom. The zero-order chi connectivity index (χ0) is 12.3. The molecular formula is C13H20ClNO2. The number of rotatable bonds is 9. The summed E-state index contributed by atoms with van der Waals surface area (Å²) in [7, 11) is 1.68. The largest absolute Gasteiger partial charge is 0.494 e. The smallest absolute Gasteiger partial charge is 0.119 e. The van der Waals surface area contributed by atoms with Crippen molar-refractivity contribution in [3.05, 3.63) is 30.3 Å². The van der Waals surface area contributed by atoms with Gasteiger partial charge in [-0.2, -0.15) is 0 Å². The standard InChI is InChI=1S/C13H20ClNO2/c1-16-11-12(10-14)15-8-5-9-17-13-6-3-2-4-7-13/h2-4,6-7,12,15H,5,8-11H2,1H3. The van der Waals surface area contributed by atoms with Gasteiger partial charge < -0.3 is 14.8 Å². The van der Waals surface area contributed by atoms with Gasteiger partial charge in [-0.1, -0.05) is 18.2 Å². The van der Waals surface area contributed by atoms with Crippen LogP contribution in [0.1, 0.15) is 6.42 Å². The Labute approximate surface area is 108 Å². The normalized spacial score (nSPS) is 12.4. The molecule has 4 heteroatoms. The second-order valence-electron chi connectivity index (χ2n) is 3.78. The first kappa shape index (κ1) is 14.3. The van der Waals surface area contributed by atoms with Gasteiger partial charge in [0.05, 0.1) is 13.2 Å². The Bertz CT molecular complexity index is 282. The van der Waals surface area contributed by atoms with Crippen LogP contribution in [0.4, 0.5) is 0 Å². The van der Waals surface area contributed by atoms with Crippen LogP contribution in [0.25, 0.3) is 0 Å². The number of nitrogens with one attached hydrogen (secondary N) is 1. The molecule has 1 aromatic carbocycles. The molecule has 0 radical (unpaired) electrons. The second-order valence-corrected chi connectivity index (χ2v) is 4.08. The van der Waals surface area contributed by atoms with E-state index in [9.17, 15) is 0 Å². The summed E-state index contributed by atoms with van der Waals surface area (Å²) >= 11 is 5.78. The topological polar surface area (TPSA) is 30.5 Å². The quantitative estimate of drug-likeness (QED) is 0.544. The van der Waals surface area contributed by atoms with Crippen molar-refractivity contribution >= 4 is 11.6 Å². The summed E-state index contributed by atoms with van der Waals surface area (Å²) in [4.78, 5) is 0. The summed E-state index contributed by atoms with van der Waals surface area (Å²) in [5.74, 6) is 1.48. The molecular weight excluding hydrogens is 238 g/mol. The summed E-state index contributed by atoms with van der Waals surface area (Å²) in [5.41, 5.74) is 0. The van der Waals surface area contributed by atoms with Crippen molar-refractivity contribution in [1.82, 2.24) is 5.32 Å². The molecule has 1 atom stereocenters. The molecule has 0 fully saturated rings. The van der Waals surface area contributed by atoms with Gasteiger partial charge in [-0.15, -0.1) is 11.6 Å². The molecule has 0 aliphatic carbocycles. The van der Waals surface area contributed by atoms with E-state index in [1.54, 1.807) is 7.11 Å². The van der Waals surface area contributed by atoms with Gasteiger partial charge in [-0.05, 0) is 25.1 Å². The highest BCUT2D eigenvalue weighted by molar-refractivity contribution is 6.18. The van der Waals surface area contributed by atoms with E-state index in [0.29, 0.717) is 19.1 Å². The minimum atomic E-state index is 0.221. The highest BCUT2D eigenvalue weighted by Crippen LogP contribution is 2.08. The highest BCUT2D eigenvalue weighted by Gasteiger charge is 2.04. The van der Waals surface area contributed by atoms with Crippen LogP contribution in [0.15, 0.2) is 30.3 Å². The molecule has 0 heterocycles. The predicted molar refractivity (Wildman–Crippen MR) is 70.9 cm³/mol. The summed E-state index contributed by atoms with van der Waals surface area (Å²) < 4.78 is 10.6. The van der Waals surface area contributed by atoms with Crippen LogP contribution in [0.2, 0.25) is 0 Å². The molecule has 0 bridgehead atoms. The zero-order valence-corrected chi connectivity index (χ0v) is 11.0. The molecule has 1 N–H and O–H groups in total. The fourth-order valence-corrected chi connectivity index (χ4v) is 1.64. The molecule has 0 aliphatic heterocycles. The Morgan fingerprint density at radius 2 is 2.06 bits per heavy atom. The van der Waals surface area contributed by atoms with Crippen molar-refractivity contribution in [2.24, 2.45) is 0 Å². The van der Waals surface area contributed by atoms with Crippen molar-refractivity contribution in [2.45, 2.75) is 12.5 Å². The lowest BCUT2D eigenvalue weighted by atomic mass is 10.3. The van der Waals surface area contributed by atoms with Crippen LogP contribution in [0.3, 0.4) is 0 Å². The molecule has 1 unspecified atom stereocenters. The van der Waals surface area contributed by atoms with E-state index >= 15 is 0 Å². The van der Waals surface area contributed by atoms with E-state index < -0.39 is 0 Å². The Morgan fingerprint density at radius 3 is 2.71 bits per heavy atom. The lowest BCUT2D eigenvalue weighted by Crippen LogP contribution is -2.35. The Kier molecular flexibility index (Phi) is 7.80. The van der Waals surface area contributed by atoms with Crippen LogP contribution >= 0.6 is 11.6 Å². The van der Waals surface area contributed by atoms with E-state index in [1.165, 1.54) is 0 Å². The lowest BCUT2D eigenvalue weighted by Gasteiger charge is -2.14. The Hall–Kier alpha value is -0.770. The first-order valence-electron chi connectivity index (χ1n) is 5.83. The minimum Gasteiger partial charge on any atom is -0.494 e. The van der Waals surface area contributed by atoms with E-state index in [1.807, 2.05) is 30.3 Å². The van der Waals surface area contributed by atoms with E-state index in [-0.39, 0.29) is 6.04 Å². The molecule has 3 nitrogen and oxygen atoms in total. The number of ether oxygens (including phenoxy) is 2. The molecule has 0 aliphatic rings. The fourth-order valence-electron chi connectivity index (χ4n) is 1.44. The monoisotopic (exact) mass is 257 g/mol. The number of halogens is 1. The fraction of sp³-hybridized carbons (Fsp3) is 0.538. The maximum atomic E-state index is 5.78. The number of hydrogen-bond acceptors (Lipinski definition) is 3. The molecule has 1 aromatic rings. The predicted octanol–water partition coefficient (Wildman–Crippen LogP) is 2.30. The van der Waals surface area contributed by atoms with Crippen LogP contribution < -0.4 is 10.1 Å². The molecule has 1 rings (SSSR count). The zero-order valence-electron chi connectivity index (χ0n) is 10.2. The molecule has 0 aromatic heterocycles. The SMILES string of the molecule is COCC(CCl)NCCCOc1ccccc1. The highest BCUT2D eigenvalue weighted by atomic mass is 35.5. The maximum absolute atomic E-state index is 5.78. The van der Waals surface area contributed by atoms with Crippen LogP contribution in [-0.4, -0.2) is 38.8 Å². The number of para-hydroxylation sites is 1. The lowest BCUT2D eigenvalue weighted by molar-refractivity contribution is 0.172. The van der Waals surface area contributed by atoms with Crippen molar-refractivity contribution in [2.75, 3.05) is 32.7 Å². The second kappa shape index (κ2) is 9.28. The number of benzene rings is 1. The van der Waals surface area contributed by atoms with E-state index in [0.717, 1.165) is 18.7 Å². The molecule has 96 valence electrons. The van der Waals surface area contributed by atoms with E-state index in [2.05, 4.69) is 5.32 Å². The van der Waals surface area contributed by atoms with Crippen molar-refractivity contribution in [1.29, 1.82) is 0 Å². The molecule has 0 saturated heterocycles. The molecule has 0 saturated carbocycles. The first-order valence-corrected chi connectivity index (χ1v) is 6.36. The molecule has 0 spiro atoms. The molecule has 17 heavy (non-hydrogen) atoms. The summed E-state index contributed by atoms with van der Waals surface area (Å²) in [6.07, 6.45) is 0.950. The third-order valence-corrected chi connectivity index (χ3v) is 2.69. The average molecular weight is 258 g/mol. The van der Waals surface area contributed by atoms with Crippen LogP contribution in [-0.2, 0) is 4.74 Å². The van der Waals surface area contributed by atoms with Crippen LogP contribution in [0, 0.1) is 0 Å². The first-order chi connectivity index (χ1) is 8.36. The van der Waals surface area contributed by atoms with Gasteiger partial charge >= 0.3 is 0 Å². The number of alkyl halides is 1. The summed E-state index contributed by atoms with van der Waals surface area (Å²) in [6, 6.07) is 10.0. The Balaban J connectivity index is 2.04.